The molecule has 112 valence electrons. The summed E-state index contributed by atoms with van der Waals surface area (Å²) >= 11 is 0. The van der Waals surface area contributed by atoms with Gasteiger partial charge in [0.05, 0.1) is 0 Å². The molecule has 0 saturated heterocycles. The average Bonchev–Trinajstić information content (AvgIpc) is 2.93. The van der Waals surface area contributed by atoms with Crippen LogP contribution in [0.1, 0.15) is 39.0 Å². The van der Waals surface area contributed by atoms with Gasteiger partial charge in [0.1, 0.15) is 6.61 Å². The van der Waals surface area contributed by atoms with Gasteiger partial charge in [0.15, 0.2) is 0 Å². The minimum Gasteiger partial charge on any atom is -0.372 e. The molecule has 0 heterocycles. The maximum atomic E-state index is 11.9. The number of hydrogen-bond acceptors (Lipinski definition) is 2. The Kier molecular flexibility index (Phi) is 4.77. The van der Waals surface area contributed by atoms with Gasteiger partial charge in [-0.2, -0.15) is 13.2 Å². The first-order chi connectivity index (χ1) is 8.94. The van der Waals surface area contributed by atoms with Crippen LogP contribution in [0.15, 0.2) is 0 Å². The summed E-state index contributed by atoms with van der Waals surface area (Å²) in [5, 5.41) is 3.42. The molecule has 2 nitrogen and oxygen atoms in total. The Morgan fingerprint density at radius 3 is 2.53 bits per heavy atom. The number of nitrogens with one attached hydrogen (secondary N) is 1. The molecule has 2 atom stereocenters. The molecular formula is C14H24F3NO. The van der Waals surface area contributed by atoms with Crippen molar-refractivity contribution in [1.82, 2.24) is 5.32 Å². The summed E-state index contributed by atoms with van der Waals surface area (Å²) < 4.78 is 40.5. The second kappa shape index (κ2) is 6.00. The summed E-state index contributed by atoms with van der Waals surface area (Å²) in [6.07, 6.45) is 1.41. The molecule has 0 radical (unpaired) electrons. The van der Waals surface area contributed by atoms with Crippen molar-refractivity contribution in [2.24, 2.45) is 17.3 Å². The maximum Gasteiger partial charge on any atom is 0.411 e. The molecule has 2 saturated carbocycles. The first-order valence-electron chi connectivity index (χ1n) is 7.29. The zero-order chi connectivity index (χ0) is 13.9. The minimum atomic E-state index is -4.20. The van der Waals surface area contributed by atoms with Gasteiger partial charge in [-0.1, -0.05) is 6.92 Å². The number of ether oxygens (including phenoxy) is 1. The average molecular weight is 279 g/mol. The molecule has 2 rings (SSSR count). The molecule has 2 unspecified atom stereocenters. The summed E-state index contributed by atoms with van der Waals surface area (Å²) in [6, 6.07) is 0. The quantitative estimate of drug-likeness (QED) is 0.688. The summed E-state index contributed by atoms with van der Waals surface area (Å²) in [7, 11) is 0. The third kappa shape index (κ3) is 4.63. The van der Waals surface area contributed by atoms with E-state index in [1.54, 1.807) is 0 Å². The largest absolute Gasteiger partial charge is 0.411 e. The van der Waals surface area contributed by atoms with Gasteiger partial charge in [-0.25, -0.2) is 0 Å². The standard InChI is InChI=1S/C14H24F3NO/c1-2-18-9-13(7-11-6-12(11)8-13)4-3-5-19-10-14(15,16)17/h11-12,18H,2-10H2,1H3. The van der Waals surface area contributed by atoms with Crippen LogP contribution in [0.3, 0.4) is 0 Å². The van der Waals surface area contributed by atoms with Gasteiger partial charge >= 0.3 is 6.18 Å². The highest BCUT2D eigenvalue weighted by Gasteiger charge is 2.52. The zero-order valence-electron chi connectivity index (χ0n) is 11.6. The Hall–Kier alpha value is -0.290. The van der Waals surface area contributed by atoms with Crippen LogP contribution in [0.25, 0.3) is 0 Å². The highest BCUT2D eigenvalue weighted by molar-refractivity contribution is 5.03. The molecule has 2 aliphatic carbocycles. The van der Waals surface area contributed by atoms with Crippen molar-refractivity contribution >= 4 is 0 Å². The van der Waals surface area contributed by atoms with Crippen LogP contribution in [-0.4, -0.2) is 32.5 Å². The fourth-order valence-electron chi connectivity index (χ4n) is 3.57. The van der Waals surface area contributed by atoms with Gasteiger partial charge in [0.25, 0.3) is 0 Å². The number of fused-ring (bicyclic) bond motifs is 1. The van der Waals surface area contributed by atoms with Crippen LogP contribution in [0.2, 0.25) is 0 Å². The molecule has 2 fully saturated rings. The predicted octanol–water partition coefficient (Wildman–Crippen LogP) is 3.37. The lowest BCUT2D eigenvalue weighted by atomic mass is 9.78. The van der Waals surface area contributed by atoms with E-state index in [1.165, 1.54) is 19.3 Å². The third-order valence-electron chi connectivity index (χ3n) is 4.47. The van der Waals surface area contributed by atoms with Gasteiger partial charge in [0, 0.05) is 13.2 Å². The van der Waals surface area contributed by atoms with E-state index in [9.17, 15) is 13.2 Å². The van der Waals surface area contributed by atoms with Crippen LogP contribution in [-0.2, 0) is 4.74 Å². The van der Waals surface area contributed by atoms with Crippen molar-refractivity contribution in [3.05, 3.63) is 0 Å². The fourth-order valence-corrected chi connectivity index (χ4v) is 3.57. The van der Waals surface area contributed by atoms with Crippen molar-refractivity contribution in [1.29, 1.82) is 0 Å². The van der Waals surface area contributed by atoms with E-state index in [2.05, 4.69) is 12.2 Å². The van der Waals surface area contributed by atoms with E-state index >= 15 is 0 Å². The Balaban J connectivity index is 1.66. The van der Waals surface area contributed by atoms with Crippen molar-refractivity contribution in [2.75, 3.05) is 26.3 Å². The Bertz CT molecular complexity index is 283. The lowest BCUT2D eigenvalue weighted by molar-refractivity contribution is -0.174. The Morgan fingerprint density at radius 1 is 1.26 bits per heavy atom. The first kappa shape index (κ1) is 15.1. The van der Waals surface area contributed by atoms with Gasteiger partial charge < -0.3 is 10.1 Å². The van der Waals surface area contributed by atoms with Crippen molar-refractivity contribution in [3.63, 3.8) is 0 Å². The van der Waals surface area contributed by atoms with Gasteiger partial charge in [-0.05, 0) is 55.9 Å². The molecule has 0 aromatic rings. The van der Waals surface area contributed by atoms with Crippen molar-refractivity contribution in [2.45, 2.75) is 45.2 Å². The number of halogens is 3. The summed E-state index contributed by atoms with van der Waals surface area (Å²) in [5.41, 5.74) is 0.325. The van der Waals surface area contributed by atoms with Crippen molar-refractivity contribution < 1.29 is 17.9 Å². The number of rotatable bonds is 8. The smallest absolute Gasteiger partial charge is 0.372 e. The third-order valence-corrected chi connectivity index (χ3v) is 4.47. The molecule has 0 bridgehead atoms. The normalized spacial score (nSPS) is 33.5. The second-order valence-corrected chi connectivity index (χ2v) is 6.22. The van der Waals surface area contributed by atoms with Crippen LogP contribution in [0.4, 0.5) is 13.2 Å². The highest BCUT2D eigenvalue weighted by atomic mass is 19.4. The molecule has 2 aliphatic rings. The molecule has 1 N–H and O–H groups in total. The van der Waals surface area contributed by atoms with E-state index in [1.807, 2.05) is 0 Å². The van der Waals surface area contributed by atoms with Crippen LogP contribution >= 0.6 is 0 Å². The van der Waals surface area contributed by atoms with E-state index in [4.69, 9.17) is 4.74 Å². The minimum absolute atomic E-state index is 0.225. The Morgan fingerprint density at radius 2 is 1.95 bits per heavy atom. The molecule has 5 heteroatoms. The van der Waals surface area contributed by atoms with Gasteiger partial charge in [0.2, 0.25) is 0 Å². The molecule has 0 aliphatic heterocycles. The lowest BCUT2D eigenvalue weighted by Crippen LogP contribution is -2.33. The maximum absolute atomic E-state index is 11.9. The molecule has 0 amide bonds. The van der Waals surface area contributed by atoms with E-state index in [0.29, 0.717) is 5.41 Å². The topological polar surface area (TPSA) is 21.3 Å². The van der Waals surface area contributed by atoms with Gasteiger partial charge in [-0.3, -0.25) is 0 Å². The van der Waals surface area contributed by atoms with Crippen LogP contribution in [0, 0.1) is 17.3 Å². The Labute approximate surface area is 113 Å². The second-order valence-electron chi connectivity index (χ2n) is 6.22. The van der Waals surface area contributed by atoms with Gasteiger partial charge in [-0.15, -0.1) is 0 Å². The molecule has 0 aromatic carbocycles. The number of alkyl halides is 3. The predicted molar refractivity (Wildman–Crippen MR) is 67.9 cm³/mol. The van der Waals surface area contributed by atoms with Crippen LogP contribution < -0.4 is 5.32 Å². The molecular weight excluding hydrogens is 255 g/mol. The summed E-state index contributed by atoms with van der Waals surface area (Å²) in [4.78, 5) is 0. The fraction of sp³-hybridized carbons (Fsp3) is 1.00. The molecule has 19 heavy (non-hydrogen) atoms. The van der Waals surface area contributed by atoms with E-state index in [0.717, 1.165) is 37.8 Å². The first-order valence-corrected chi connectivity index (χ1v) is 7.29. The molecule has 0 aromatic heterocycles. The summed E-state index contributed by atoms with van der Waals surface area (Å²) in [6.45, 7) is 3.18. The SMILES string of the molecule is CCNCC1(CCCOCC(F)(F)F)CC2CC2C1. The summed E-state index contributed by atoms with van der Waals surface area (Å²) in [5.74, 6) is 1.80. The number of hydrogen-bond donors (Lipinski definition) is 1. The van der Waals surface area contributed by atoms with E-state index < -0.39 is 12.8 Å². The van der Waals surface area contributed by atoms with Crippen LogP contribution in [0.5, 0.6) is 0 Å². The van der Waals surface area contributed by atoms with Crippen molar-refractivity contribution in [3.8, 4) is 0 Å². The zero-order valence-corrected chi connectivity index (χ0v) is 11.6. The highest BCUT2D eigenvalue weighted by Crippen LogP contribution is 2.61. The molecule has 0 spiro atoms. The van der Waals surface area contributed by atoms with E-state index in [-0.39, 0.29) is 6.61 Å². The lowest BCUT2D eigenvalue weighted by Gasteiger charge is -2.31. The monoisotopic (exact) mass is 279 g/mol.